The maximum Gasteiger partial charge on any atom is 0.240 e. The van der Waals surface area contributed by atoms with E-state index < -0.39 is 10.0 Å². The second kappa shape index (κ2) is 6.87. The molecule has 0 radical (unpaired) electrons. The van der Waals surface area contributed by atoms with Crippen LogP contribution in [-0.4, -0.2) is 34.2 Å². The maximum atomic E-state index is 12.3. The molecule has 6 heteroatoms. The highest BCUT2D eigenvalue weighted by Gasteiger charge is 2.32. The van der Waals surface area contributed by atoms with E-state index in [9.17, 15) is 8.42 Å². The van der Waals surface area contributed by atoms with Gasteiger partial charge >= 0.3 is 0 Å². The third-order valence-corrected chi connectivity index (χ3v) is 5.49. The lowest BCUT2D eigenvalue weighted by atomic mass is 9.90. The van der Waals surface area contributed by atoms with Crippen molar-refractivity contribution in [1.29, 1.82) is 0 Å². The first-order valence-corrected chi connectivity index (χ1v) is 8.83. The average molecular weight is 312 g/mol. The minimum Gasteiger partial charge on any atom is -0.381 e. The van der Waals surface area contributed by atoms with Crippen LogP contribution in [-0.2, 0) is 14.8 Å². The summed E-state index contributed by atoms with van der Waals surface area (Å²) < 4.78 is 32.4. The number of sulfonamides is 1. The Hall–Kier alpha value is -0.950. The SMILES string of the molecule is CCNC(C)c1ccc(S(=O)(=O)NC2CC(OC)C2)cc1. The van der Waals surface area contributed by atoms with E-state index in [1.54, 1.807) is 19.2 Å². The molecule has 2 N–H and O–H groups in total. The van der Waals surface area contributed by atoms with Gasteiger partial charge in [-0.05, 0) is 44.0 Å². The molecule has 118 valence electrons. The van der Waals surface area contributed by atoms with Crippen LogP contribution in [0, 0.1) is 0 Å². The molecule has 21 heavy (non-hydrogen) atoms. The molecule has 1 aromatic carbocycles. The predicted octanol–water partition coefficient (Wildman–Crippen LogP) is 1.81. The largest absolute Gasteiger partial charge is 0.381 e. The Morgan fingerprint density at radius 3 is 2.43 bits per heavy atom. The number of methoxy groups -OCH3 is 1. The van der Waals surface area contributed by atoms with Crippen molar-refractivity contribution in [2.24, 2.45) is 0 Å². The van der Waals surface area contributed by atoms with Crippen molar-refractivity contribution in [3.63, 3.8) is 0 Å². The van der Waals surface area contributed by atoms with E-state index in [-0.39, 0.29) is 18.2 Å². The topological polar surface area (TPSA) is 67.4 Å². The average Bonchev–Trinajstić information content (AvgIpc) is 2.43. The molecular weight excluding hydrogens is 288 g/mol. The van der Waals surface area contributed by atoms with Crippen molar-refractivity contribution in [2.75, 3.05) is 13.7 Å². The number of nitrogens with one attached hydrogen (secondary N) is 2. The molecule has 1 saturated carbocycles. The Kier molecular flexibility index (Phi) is 5.37. The summed E-state index contributed by atoms with van der Waals surface area (Å²) in [6.45, 7) is 4.99. The summed E-state index contributed by atoms with van der Waals surface area (Å²) in [7, 11) is -1.78. The van der Waals surface area contributed by atoms with Gasteiger partial charge in [0.1, 0.15) is 0 Å². The van der Waals surface area contributed by atoms with Gasteiger partial charge in [-0.2, -0.15) is 0 Å². The first kappa shape index (κ1) is 16.4. The lowest BCUT2D eigenvalue weighted by molar-refractivity contribution is 0.0236. The van der Waals surface area contributed by atoms with Gasteiger partial charge in [0.05, 0.1) is 11.0 Å². The molecule has 1 aromatic rings. The van der Waals surface area contributed by atoms with Gasteiger partial charge in [0, 0.05) is 19.2 Å². The van der Waals surface area contributed by atoms with Gasteiger partial charge in [0.2, 0.25) is 10.0 Å². The molecule has 5 nitrogen and oxygen atoms in total. The molecule has 2 rings (SSSR count). The zero-order valence-corrected chi connectivity index (χ0v) is 13.6. The molecule has 1 atom stereocenters. The third kappa shape index (κ3) is 4.03. The summed E-state index contributed by atoms with van der Waals surface area (Å²) in [5.41, 5.74) is 1.08. The lowest BCUT2D eigenvalue weighted by Crippen LogP contribution is -2.47. The quantitative estimate of drug-likeness (QED) is 0.806. The zero-order chi connectivity index (χ0) is 15.5. The van der Waals surface area contributed by atoms with E-state index in [1.165, 1.54) is 0 Å². The highest BCUT2D eigenvalue weighted by Crippen LogP contribution is 2.25. The molecule has 1 unspecified atom stereocenters. The van der Waals surface area contributed by atoms with Crippen molar-refractivity contribution in [3.05, 3.63) is 29.8 Å². The van der Waals surface area contributed by atoms with Gasteiger partial charge in [-0.1, -0.05) is 19.1 Å². The fourth-order valence-electron chi connectivity index (χ4n) is 2.50. The Labute approximate surface area is 127 Å². The van der Waals surface area contributed by atoms with Gasteiger partial charge < -0.3 is 10.1 Å². The molecule has 0 amide bonds. The van der Waals surface area contributed by atoms with E-state index in [4.69, 9.17) is 4.74 Å². The van der Waals surface area contributed by atoms with Crippen LogP contribution in [0.3, 0.4) is 0 Å². The van der Waals surface area contributed by atoms with Crippen LogP contribution in [0.5, 0.6) is 0 Å². The monoisotopic (exact) mass is 312 g/mol. The standard InChI is InChI=1S/C15H24N2O3S/c1-4-16-11(2)12-5-7-15(8-6-12)21(18,19)17-13-9-14(10-13)20-3/h5-8,11,13-14,16-17H,4,9-10H2,1-3H3. The highest BCUT2D eigenvalue weighted by molar-refractivity contribution is 7.89. The molecule has 0 bridgehead atoms. The molecule has 0 heterocycles. The second-order valence-corrected chi connectivity index (χ2v) is 7.21. The van der Waals surface area contributed by atoms with Crippen LogP contribution >= 0.6 is 0 Å². The minimum atomic E-state index is -3.43. The number of hydrogen-bond acceptors (Lipinski definition) is 4. The zero-order valence-electron chi connectivity index (χ0n) is 12.8. The van der Waals surface area contributed by atoms with Gasteiger partial charge in [0.25, 0.3) is 0 Å². The minimum absolute atomic E-state index is 0.0136. The number of ether oxygens (including phenoxy) is 1. The summed E-state index contributed by atoms with van der Waals surface area (Å²) in [4.78, 5) is 0.316. The number of benzene rings is 1. The van der Waals surface area contributed by atoms with Gasteiger partial charge in [0.15, 0.2) is 0 Å². The Morgan fingerprint density at radius 1 is 1.29 bits per heavy atom. The van der Waals surface area contributed by atoms with Gasteiger partial charge in [-0.15, -0.1) is 0 Å². The van der Waals surface area contributed by atoms with Gasteiger partial charge in [-0.25, -0.2) is 13.1 Å². The number of rotatable bonds is 7. The Bertz CT molecular complexity index is 551. The van der Waals surface area contributed by atoms with E-state index in [1.807, 2.05) is 19.1 Å². The number of hydrogen-bond donors (Lipinski definition) is 2. The molecule has 1 aliphatic carbocycles. The third-order valence-electron chi connectivity index (χ3n) is 3.95. The molecular formula is C15H24N2O3S. The first-order chi connectivity index (χ1) is 9.96. The maximum absolute atomic E-state index is 12.3. The van der Waals surface area contributed by atoms with Crippen molar-refractivity contribution >= 4 is 10.0 Å². The van der Waals surface area contributed by atoms with Crippen molar-refractivity contribution < 1.29 is 13.2 Å². The summed E-state index contributed by atoms with van der Waals surface area (Å²) in [5, 5.41) is 3.30. The van der Waals surface area contributed by atoms with Gasteiger partial charge in [-0.3, -0.25) is 0 Å². The van der Waals surface area contributed by atoms with Crippen LogP contribution < -0.4 is 10.0 Å². The summed E-state index contributed by atoms with van der Waals surface area (Å²) in [5.74, 6) is 0. The molecule has 0 spiro atoms. The smallest absolute Gasteiger partial charge is 0.240 e. The van der Waals surface area contributed by atoms with Crippen LogP contribution in [0.15, 0.2) is 29.2 Å². The normalized spacial score (nSPS) is 23.6. The van der Waals surface area contributed by atoms with Crippen LogP contribution in [0.2, 0.25) is 0 Å². The molecule has 0 aromatic heterocycles. The van der Waals surface area contributed by atoms with E-state index >= 15 is 0 Å². The first-order valence-electron chi connectivity index (χ1n) is 7.34. The lowest BCUT2D eigenvalue weighted by Gasteiger charge is -2.34. The molecule has 0 saturated heterocycles. The summed E-state index contributed by atoms with van der Waals surface area (Å²) in [6.07, 6.45) is 1.66. The molecule has 0 aliphatic heterocycles. The molecule has 1 fully saturated rings. The summed E-state index contributed by atoms with van der Waals surface area (Å²) in [6, 6.07) is 7.26. The van der Waals surface area contributed by atoms with E-state index in [0.717, 1.165) is 24.9 Å². The van der Waals surface area contributed by atoms with Crippen molar-refractivity contribution in [2.45, 2.75) is 49.8 Å². The van der Waals surface area contributed by atoms with Crippen molar-refractivity contribution in [3.8, 4) is 0 Å². The van der Waals surface area contributed by atoms with E-state index in [2.05, 4.69) is 17.0 Å². The second-order valence-electron chi connectivity index (χ2n) is 5.50. The fourth-order valence-corrected chi connectivity index (χ4v) is 3.76. The van der Waals surface area contributed by atoms with Crippen LogP contribution in [0.25, 0.3) is 0 Å². The highest BCUT2D eigenvalue weighted by atomic mass is 32.2. The van der Waals surface area contributed by atoms with Crippen LogP contribution in [0.4, 0.5) is 0 Å². The Balaban J connectivity index is 2.00. The predicted molar refractivity (Wildman–Crippen MR) is 82.7 cm³/mol. The summed E-state index contributed by atoms with van der Waals surface area (Å²) >= 11 is 0. The fraction of sp³-hybridized carbons (Fsp3) is 0.600. The van der Waals surface area contributed by atoms with Crippen molar-refractivity contribution in [1.82, 2.24) is 10.0 Å². The Morgan fingerprint density at radius 2 is 1.90 bits per heavy atom. The van der Waals surface area contributed by atoms with E-state index in [0.29, 0.717) is 4.90 Å². The van der Waals surface area contributed by atoms with Crippen LogP contribution in [0.1, 0.15) is 38.3 Å². The molecule has 1 aliphatic rings.